The van der Waals surface area contributed by atoms with Crippen LogP contribution in [-0.2, 0) is 6.54 Å². The smallest absolute Gasteiger partial charge is 0.124 e. The Labute approximate surface area is 126 Å². The van der Waals surface area contributed by atoms with E-state index >= 15 is 0 Å². The van der Waals surface area contributed by atoms with E-state index in [9.17, 15) is 0 Å². The van der Waals surface area contributed by atoms with Gasteiger partial charge in [-0.2, -0.15) is 5.26 Å². The van der Waals surface area contributed by atoms with Crippen molar-refractivity contribution < 1.29 is 4.74 Å². The molecule has 1 aliphatic heterocycles. The van der Waals surface area contributed by atoms with E-state index in [1.165, 1.54) is 5.56 Å². The first-order valence-electron chi connectivity index (χ1n) is 6.43. The number of benzene rings is 2. The largest absolute Gasteiger partial charge is 0.491 e. The highest BCUT2D eigenvalue weighted by Crippen LogP contribution is 2.28. The van der Waals surface area contributed by atoms with Crippen LogP contribution in [0.25, 0.3) is 0 Å². The van der Waals surface area contributed by atoms with Crippen LogP contribution >= 0.6 is 15.9 Å². The summed E-state index contributed by atoms with van der Waals surface area (Å²) in [6.07, 6.45) is 0. The van der Waals surface area contributed by atoms with Crippen molar-refractivity contribution >= 4 is 21.6 Å². The fraction of sp³-hybridized carbons (Fsp3) is 0.188. The van der Waals surface area contributed by atoms with Gasteiger partial charge in [-0.25, -0.2) is 0 Å². The summed E-state index contributed by atoms with van der Waals surface area (Å²) in [6, 6.07) is 16.1. The number of anilines is 1. The number of hydrogen-bond acceptors (Lipinski definition) is 3. The molecule has 0 aliphatic carbocycles. The molecule has 0 radical (unpaired) electrons. The van der Waals surface area contributed by atoms with E-state index in [1.54, 1.807) is 0 Å². The van der Waals surface area contributed by atoms with Gasteiger partial charge < -0.3 is 9.64 Å². The summed E-state index contributed by atoms with van der Waals surface area (Å²) in [5.74, 6) is 0.961. The molecule has 0 fully saturated rings. The number of nitrogens with zero attached hydrogens (tertiary/aromatic N) is 2. The monoisotopic (exact) mass is 328 g/mol. The molecule has 20 heavy (non-hydrogen) atoms. The van der Waals surface area contributed by atoms with E-state index in [2.05, 4.69) is 33.0 Å². The Morgan fingerprint density at radius 3 is 2.85 bits per heavy atom. The van der Waals surface area contributed by atoms with E-state index in [0.29, 0.717) is 12.2 Å². The fourth-order valence-corrected chi connectivity index (χ4v) is 2.79. The van der Waals surface area contributed by atoms with Gasteiger partial charge in [0.25, 0.3) is 0 Å². The maximum atomic E-state index is 8.98. The van der Waals surface area contributed by atoms with Gasteiger partial charge >= 0.3 is 0 Å². The molecule has 4 heteroatoms. The number of ether oxygens (including phenoxy) is 1. The second kappa shape index (κ2) is 5.56. The van der Waals surface area contributed by atoms with Crippen LogP contribution in [0.1, 0.15) is 11.1 Å². The molecule has 0 saturated carbocycles. The highest BCUT2D eigenvalue weighted by atomic mass is 79.9. The van der Waals surface area contributed by atoms with Gasteiger partial charge in [0.1, 0.15) is 18.4 Å². The van der Waals surface area contributed by atoms with Gasteiger partial charge in [0.2, 0.25) is 0 Å². The van der Waals surface area contributed by atoms with E-state index in [1.807, 2.05) is 36.4 Å². The Hall–Kier alpha value is -1.99. The number of halogens is 1. The molecule has 3 nitrogen and oxygen atoms in total. The summed E-state index contributed by atoms with van der Waals surface area (Å²) in [5, 5.41) is 8.98. The number of hydrogen-bond donors (Lipinski definition) is 0. The summed E-state index contributed by atoms with van der Waals surface area (Å²) in [5.41, 5.74) is 2.93. The lowest BCUT2D eigenvalue weighted by Gasteiger charge is -2.22. The van der Waals surface area contributed by atoms with Gasteiger partial charge in [0.05, 0.1) is 12.1 Å². The minimum absolute atomic E-state index is 0.653. The Balaban J connectivity index is 1.92. The first-order chi connectivity index (χ1) is 9.78. The van der Waals surface area contributed by atoms with Gasteiger partial charge in [0.15, 0.2) is 0 Å². The maximum Gasteiger partial charge on any atom is 0.124 e. The summed E-state index contributed by atoms with van der Waals surface area (Å²) < 4.78 is 6.60. The normalized spacial score (nSPS) is 13.9. The molecule has 0 saturated heterocycles. The zero-order chi connectivity index (χ0) is 13.9. The van der Waals surface area contributed by atoms with Crippen LogP contribution < -0.4 is 9.64 Å². The van der Waals surface area contributed by atoms with Gasteiger partial charge in [-0.3, -0.25) is 0 Å². The van der Waals surface area contributed by atoms with Crippen molar-refractivity contribution in [1.29, 1.82) is 5.26 Å². The summed E-state index contributed by atoms with van der Waals surface area (Å²) >= 11 is 3.44. The molecular weight excluding hydrogens is 316 g/mol. The molecule has 0 amide bonds. The van der Waals surface area contributed by atoms with E-state index in [-0.39, 0.29) is 0 Å². The van der Waals surface area contributed by atoms with Crippen LogP contribution in [-0.4, -0.2) is 13.2 Å². The summed E-state index contributed by atoms with van der Waals surface area (Å²) in [6.45, 7) is 2.30. The predicted molar refractivity (Wildman–Crippen MR) is 81.8 cm³/mol. The lowest BCUT2D eigenvalue weighted by molar-refractivity contribution is 0.331. The number of para-hydroxylation sites is 1. The minimum Gasteiger partial charge on any atom is -0.491 e. The molecule has 1 heterocycles. The highest BCUT2D eigenvalue weighted by Gasteiger charge is 2.16. The molecule has 0 unspecified atom stereocenters. The predicted octanol–water partition coefficient (Wildman–Crippen LogP) is 3.72. The van der Waals surface area contributed by atoms with Crippen LogP contribution in [0, 0.1) is 11.3 Å². The van der Waals surface area contributed by atoms with Crippen LogP contribution in [0.4, 0.5) is 5.69 Å². The second-order valence-corrected chi connectivity index (χ2v) is 5.51. The van der Waals surface area contributed by atoms with Crippen LogP contribution in [0.15, 0.2) is 46.9 Å². The molecule has 0 N–H and O–H groups in total. The zero-order valence-corrected chi connectivity index (χ0v) is 12.4. The molecule has 2 aromatic carbocycles. The highest BCUT2D eigenvalue weighted by molar-refractivity contribution is 9.10. The zero-order valence-electron chi connectivity index (χ0n) is 10.8. The van der Waals surface area contributed by atoms with Crippen molar-refractivity contribution in [2.24, 2.45) is 0 Å². The molecule has 2 aromatic rings. The molecule has 100 valence electrons. The van der Waals surface area contributed by atoms with Gasteiger partial charge in [-0.1, -0.05) is 18.2 Å². The fourth-order valence-electron chi connectivity index (χ4n) is 2.34. The number of fused-ring (bicyclic) bond motifs is 1. The summed E-state index contributed by atoms with van der Waals surface area (Å²) in [4.78, 5) is 2.26. The molecule has 0 atom stereocenters. The van der Waals surface area contributed by atoms with Crippen LogP contribution in [0.2, 0.25) is 0 Å². The SMILES string of the molecule is N#Cc1ccc(N2CCOc3ccccc3C2)cc1Br. The Morgan fingerprint density at radius 2 is 2.05 bits per heavy atom. The van der Waals surface area contributed by atoms with Crippen molar-refractivity contribution in [1.82, 2.24) is 0 Å². The van der Waals surface area contributed by atoms with Crippen molar-refractivity contribution in [2.75, 3.05) is 18.1 Å². The molecule has 3 rings (SSSR count). The first-order valence-corrected chi connectivity index (χ1v) is 7.22. The van der Waals surface area contributed by atoms with Gasteiger partial charge in [-0.15, -0.1) is 0 Å². The number of nitriles is 1. The second-order valence-electron chi connectivity index (χ2n) is 4.65. The quantitative estimate of drug-likeness (QED) is 0.800. The third-order valence-corrected chi connectivity index (χ3v) is 4.05. The van der Waals surface area contributed by atoms with Crippen molar-refractivity contribution in [3.8, 4) is 11.8 Å². The average molecular weight is 329 g/mol. The standard InChI is InChI=1S/C16H13BrN2O/c17-15-9-14(6-5-12(15)10-18)19-7-8-20-16-4-2-1-3-13(16)11-19/h1-6,9H,7-8,11H2. The van der Waals surface area contributed by atoms with E-state index in [0.717, 1.165) is 29.0 Å². The van der Waals surface area contributed by atoms with Crippen molar-refractivity contribution in [2.45, 2.75) is 6.54 Å². The van der Waals surface area contributed by atoms with Crippen molar-refractivity contribution in [3.63, 3.8) is 0 Å². The van der Waals surface area contributed by atoms with Crippen LogP contribution in [0.3, 0.4) is 0 Å². The number of rotatable bonds is 1. The lowest BCUT2D eigenvalue weighted by atomic mass is 10.1. The van der Waals surface area contributed by atoms with Crippen LogP contribution in [0.5, 0.6) is 5.75 Å². The Kier molecular flexibility index (Phi) is 3.62. The Bertz CT molecular complexity index is 678. The molecule has 0 bridgehead atoms. The van der Waals surface area contributed by atoms with E-state index < -0.39 is 0 Å². The van der Waals surface area contributed by atoms with Gasteiger partial charge in [0, 0.05) is 22.3 Å². The molecular formula is C16H13BrN2O. The lowest BCUT2D eigenvalue weighted by Crippen LogP contribution is -2.25. The Morgan fingerprint density at radius 1 is 1.20 bits per heavy atom. The molecule has 0 aromatic heterocycles. The van der Waals surface area contributed by atoms with E-state index in [4.69, 9.17) is 10.00 Å². The third-order valence-electron chi connectivity index (χ3n) is 3.39. The topological polar surface area (TPSA) is 36.3 Å². The third kappa shape index (κ3) is 2.50. The maximum absolute atomic E-state index is 8.98. The summed E-state index contributed by atoms with van der Waals surface area (Å²) in [7, 11) is 0. The first kappa shape index (κ1) is 13.0. The molecule has 1 aliphatic rings. The molecule has 0 spiro atoms. The minimum atomic E-state index is 0.653. The van der Waals surface area contributed by atoms with Crippen molar-refractivity contribution in [3.05, 3.63) is 58.1 Å². The van der Waals surface area contributed by atoms with Gasteiger partial charge in [-0.05, 0) is 40.2 Å². The average Bonchev–Trinajstić information content (AvgIpc) is 2.69.